The summed E-state index contributed by atoms with van der Waals surface area (Å²) in [4.78, 5) is 11.6. The highest BCUT2D eigenvalue weighted by Crippen LogP contribution is 2.33. The van der Waals surface area contributed by atoms with E-state index in [4.69, 9.17) is 4.74 Å². The third-order valence-electron chi connectivity index (χ3n) is 5.39. The van der Waals surface area contributed by atoms with E-state index in [1.807, 2.05) is 25.1 Å². The highest BCUT2D eigenvalue weighted by Gasteiger charge is 2.31. The predicted molar refractivity (Wildman–Crippen MR) is 112 cm³/mol. The quantitative estimate of drug-likeness (QED) is 0.510. The molecule has 168 valence electrons. The summed E-state index contributed by atoms with van der Waals surface area (Å²) in [6, 6.07) is 7.66. The molecule has 6 nitrogen and oxygen atoms in total. The number of carbonyl (C=O) groups is 1. The zero-order valence-electron chi connectivity index (χ0n) is 17.6. The standard InChI is InChI=1S/C23H28F2N2O4/c1-3-14-4-5-22-18(8-14)23(21(30)12-31-22)26-11-20(29)19(27-13(2)28)9-15-6-16(24)10-17(25)7-15/h4-8,10,19-21,23,26,29-30H,3,9,11-12H2,1-2H3,(H,27,28)/t19-,20+,21+,23-/m0/s1. The summed E-state index contributed by atoms with van der Waals surface area (Å²) < 4.78 is 32.7. The lowest BCUT2D eigenvalue weighted by atomic mass is 9.94. The number of carbonyl (C=O) groups excluding carboxylic acids is 1. The first-order valence-corrected chi connectivity index (χ1v) is 10.3. The normalized spacial score (nSPS) is 19.8. The van der Waals surface area contributed by atoms with Crippen molar-refractivity contribution < 1.29 is 28.5 Å². The number of ether oxygens (including phenoxy) is 1. The number of hydrogen-bond acceptors (Lipinski definition) is 5. The van der Waals surface area contributed by atoms with Gasteiger partial charge in [-0.1, -0.05) is 19.1 Å². The second-order valence-corrected chi connectivity index (χ2v) is 7.85. The van der Waals surface area contributed by atoms with Crippen LogP contribution in [-0.2, 0) is 17.6 Å². The summed E-state index contributed by atoms with van der Waals surface area (Å²) in [5.74, 6) is -1.15. The SMILES string of the molecule is CCc1ccc2c(c1)[C@H](NC[C@@H](O)[C@H](Cc1cc(F)cc(F)c1)NC(C)=O)[C@H](O)CO2. The summed E-state index contributed by atoms with van der Waals surface area (Å²) in [6.07, 6.45) is -1.01. The fourth-order valence-corrected chi connectivity index (χ4v) is 3.83. The number of benzene rings is 2. The first-order valence-electron chi connectivity index (χ1n) is 10.3. The van der Waals surface area contributed by atoms with Crippen LogP contribution in [0, 0.1) is 11.6 Å². The van der Waals surface area contributed by atoms with E-state index in [9.17, 15) is 23.8 Å². The highest BCUT2D eigenvalue weighted by molar-refractivity contribution is 5.73. The molecule has 31 heavy (non-hydrogen) atoms. The van der Waals surface area contributed by atoms with Gasteiger partial charge < -0.3 is 25.6 Å². The van der Waals surface area contributed by atoms with E-state index in [2.05, 4.69) is 10.6 Å². The van der Waals surface area contributed by atoms with Crippen LogP contribution in [0.15, 0.2) is 36.4 Å². The van der Waals surface area contributed by atoms with Crippen molar-refractivity contribution >= 4 is 5.91 Å². The van der Waals surface area contributed by atoms with E-state index >= 15 is 0 Å². The molecule has 0 aliphatic carbocycles. The number of aryl methyl sites for hydroxylation is 1. The van der Waals surface area contributed by atoms with Gasteiger partial charge in [-0.3, -0.25) is 4.79 Å². The molecule has 3 rings (SSSR count). The van der Waals surface area contributed by atoms with Gasteiger partial charge in [-0.25, -0.2) is 8.78 Å². The van der Waals surface area contributed by atoms with Crippen molar-refractivity contribution in [1.29, 1.82) is 0 Å². The van der Waals surface area contributed by atoms with Gasteiger partial charge in [-0.2, -0.15) is 0 Å². The molecule has 8 heteroatoms. The lowest BCUT2D eigenvalue weighted by Crippen LogP contribution is -2.50. The van der Waals surface area contributed by atoms with E-state index in [1.54, 1.807) is 0 Å². The van der Waals surface area contributed by atoms with Gasteiger partial charge in [0.25, 0.3) is 0 Å². The molecule has 1 heterocycles. The van der Waals surface area contributed by atoms with Crippen molar-refractivity contribution in [3.05, 3.63) is 64.7 Å². The molecule has 1 aliphatic heterocycles. The molecule has 1 amide bonds. The van der Waals surface area contributed by atoms with Gasteiger partial charge in [-0.15, -0.1) is 0 Å². The van der Waals surface area contributed by atoms with Crippen LogP contribution in [0.25, 0.3) is 0 Å². The molecule has 1 aliphatic rings. The van der Waals surface area contributed by atoms with Gasteiger partial charge in [0.1, 0.15) is 30.1 Å². The average Bonchev–Trinajstić information content (AvgIpc) is 2.70. The molecule has 4 atom stereocenters. The summed E-state index contributed by atoms with van der Waals surface area (Å²) in [5, 5.41) is 27.0. The Morgan fingerprint density at radius 1 is 1.19 bits per heavy atom. The number of aliphatic hydroxyl groups is 2. The molecule has 0 spiro atoms. The zero-order chi connectivity index (χ0) is 22.5. The average molecular weight is 434 g/mol. The van der Waals surface area contributed by atoms with E-state index < -0.39 is 35.9 Å². The summed E-state index contributed by atoms with van der Waals surface area (Å²) in [6.45, 7) is 3.50. The third kappa shape index (κ3) is 6.00. The van der Waals surface area contributed by atoms with Crippen molar-refractivity contribution in [3.8, 4) is 5.75 Å². The Bertz CT molecular complexity index is 904. The summed E-state index contributed by atoms with van der Waals surface area (Å²) >= 11 is 0. The van der Waals surface area contributed by atoms with Crippen LogP contribution in [0.5, 0.6) is 5.75 Å². The molecule has 0 saturated carbocycles. The zero-order valence-corrected chi connectivity index (χ0v) is 17.6. The van der Waals surface area contributed by atoms with Crippen LogP contribution in [-0.4, -0.2) is 47.5 Å². The van der Waals surface area contributed by atoms with Crippen molar-refractivity contribution in [2.45, 2.75) is 51.0 Å². The lowest BCUT2D eigenvalue weighted by molar-refractivity contribution is -0.120. The maximum absolute atomic E-state index is 13.5. The topological polar surface area (TPSA) is 90.8 Å². The second-order valence-electron chi connectivity index (χ2n) is 7.85. The molecular formula is C23H28F2N2O4. The van der Waals surface area contributed by atoms with E-state index in [1.165, 1.54) is 19.1 Å². The van der Waals surface area contributed by atoms with E-state index in [0.717, 1.165) is 23.6 Å². The maximum Gasteiger partial charge on any atom is 0.217 e. The Hall–Kier alpha value is -2.55. The number of rotatable bonds is 8. The molecule has 0 radical (unpaired) electrons. The minimum atomic E-state index is -1.07. The van der Waals surface area contributed by atoms with Gasteiger partial charge in [0, 0.05) is 25.1 Å². The van der Waals surface area contributed by atoms with Crippen molar-refractivity contribution in [1.82, 2.24) is 10.6 Å². The van der Waals surface area contributed by atoms with Crippen LogP contribution in [0.2, 0.25) is 0 Å². The summed E-state index contributed by atoms with van der Waals surface area (Å²) in [7, 11) is 0. The number of amides is 1. The third-order valence-corrected chi connectivity index (χ3v) is 5.39. The van der Waals surface area contributed by atoms with Gasteiger partial charge in [0.2, 0.25) is 5.91 Å². The van der Waals surface area contributed by atoms with Crippen LogP contribution >= 0.6 is 0 Å². The Morgan fingerprint density at radius 3 is 2.55 bits per heavy atom. The smallest absolute Gasteiger partial charge is 0.217 e. The Kier molecular flexibility index (Phi) is 7.59. The number of halogens is 2. The lowest BCUT2D eigenvalue weighted by Gasteiger charge is -2.33. The van der Waals surface area contributed by atoms with Crippen molar-refractivity contribution in [2.24, 2.45) is 0 Å². The Balaban J connectivity index is 1.73. The Labute approximate surface area is 180 Å². The van der Waals surface area contributed by atoms with E-state index in [-0.39, 0.29) is 25.5 Å². The van der Waals surface area contributed by atoms with Gasteiger partial charge in [0.15, 0.2) is 0 Å². The molecular weight excluding hydrogens is 406 g/mol. The van der Waals surface area contributed by atoms with Gasteiger partial charge in [0.05, 0.1) is 18.2 Å². The van der Waals surface area contributed by atoms with Gasteiger partial charge in [-0.05, 0) is 42.2 Å². The molecule has 0 aromatic heterocycles. The van der Waals surface area contributed by atoms with Crippen LogP contribution in [0.1, 0.15) is 36.6 Å². The minimum Gasteiger partial charge on any atom is -0.490 e. The number of aliphatic hydroxyl groups excluding tert-OH is 2. The Morgan fingerprint density at radius 2 is 1.90 bits per heavy atom. The van der Waals surface area contributed by atoms with Gasteiger partial charge >= 0.3 is 0 Å². The van der Waals surface area contributed by atoms with Crippen LogP contribution in [0.4, 0.5) is 8.78 Å². The van der Waals surface area contributed by atoms with Crippen molar-refractivity contribution in [2.75, 3.05) is 13.2 Å². The summed E-state index contributed by atoms with van der Waals surface area (Å²) in [5.41, 5.74) is 2.21. The molecule has 0 saturated heterocycles. The first-order chi connectivity index (χ1) is 14.8. The largest absolute Gasteiger partial charge is 0.490 e. The fraction of sp³-hybridized carbons (Fsp3) is 0.435. The molecule has 2 aromatic rings. The second kappa shape index (κ2) is 10.2. The van der Waals surface area contributed by atoms with Crippen LogP contribution < -0.4 is 15.4 Å². The van der Waals surface area contributed by atoms with E-state index in [0.29, 0.717) is 11.3 Å². The maximum atomic E-state index is 13.5. The predicted octanol–water partition coefficient (Wildman–Crippen LogP) is 2.02. The van der Waals surface area contributed by atoms with Crippen molar-refractivity contribution in [3.63, 3.8) is 0 Å². The molecule has 4 N–H and O–H groups in total. The number of hydrogen-bond donors (Lipinski definition) is 4. The van der Waals surface area contributed by atoms with Crippen LogP contribution in [0.3, 0.4) is 0 Å². The molecule has 0 fully saturated rings. The minimum absolute atomic E-state index is 0.0419. The molecule has 0 unspecified atom stereocenters. The molecule has 2 aromatic carbocycles. The molecule has 0 bridgehead atoms. The fourth-order valence-electron chi connectivity index (χ4n) is 3.83. The number of fused-ring (bicyclic) bond motifs is 1. The first kappa shape index (κ1) is 23.1. The number of nitrogens with one attached hydrogen (secondary N) is 2. The monoisotopic (exact) mass is 434 g/mol. The highest BCUT2D eigenvalue weighted by atomic mass is 19.1.